The molecule has 2 saturated heterocycles. The van der Waals surface area contributed by atoms with Crippen LogP contribution in [0.1, 0.15) is 33.9 Å². The van der Waals surface area contributed by atoms with Gasteiger partial charge in [-0.15, -0.1) is 0 Å². The van der Waals surface area contributed by atoms with Crippen molar-refractivity contribution in [3.05, 3.63) is 77.0 Å². The molecule has 12 heteroatoms. The van der Waals surface area contributed by atoms with Gasteiger partial charge in [0.2, 0.25) is 5.88 Å². The second kappa shape index (κ2) is 12.1. The molecule has 2 aliphatic heterocycles. The van der Waals surface area contributed by atoms with E-state index < -0.39 is 11.8 Å². The summed E-state index contributed by atoms with van der Waals surface area (Å²) in [6.45, 7) is 5.16. The van der Waals surface area contributed by atoms with Gasteiger partial charge < -0.3 is 23.7 Å². The average molecular weight is 572 g/mol. The van der Waals surface area contributed by atoms with Crippen LogP contribution in [0.25, 0.3) is 11.2 Å². The minimum Gasteiger partial charge on any atom is -0.473 e. The third-order valence-corrected chi connectivity index (χ3v) is 7.57. The van der Waals surface area contributed by atoms with Gasteiger partial charge in [0.15, 0.2) is 11.3 Å². The Balaban J connectivity index is 1.10. The van der Waals surface area contributed by atoms with E-state index in [1.54, 1.807) is 24.3 Å². The Kier molecular flexibility index (Phi) is 7.94. The maximum Gasteiger partial charge on any atom is 0.356 e. The van der Waals surface area contributed by atoms with Crippen molar-refractivity contribution < 1.29 is 23.4 Å². The van der Waals surface area contributed by atoms with Crippen LogP contribution >= 0.6 is 0 Å². The number of benzene rings is 1. The Morgan fingerprint density at radius 3 is 2.67 bits per heavy atom. The first-order valence-corrected chi connectivity index (χ1v) is 13.8. The molecule has 2 fully saturated rings. The molecule has 0 aliphatic carbocycles. The number of ether oxygens (including phenoxy) is 3. The van der Waals surface area contributed by atoms with E-state index in [0.29, 0.717) is 30.2 Å². The van der Waals surface area contributed by atoms with E-state index in [9.17, 15) is 9.18 Å². The van der Waals surface area contributed by atoms with Crippen LogP contribution in [-0.4, -0.2) is 76.4 Å². The van der Waals surface area contributed by atoms with Crippen LogP contribution < -0.4 is 9.64 Å². The highest BCUT2D eigenvalue weighted by Crippen LogP contribution is 2.23. The van der Waals surface area contributed by atoms with Crippen LogP contribution in [-0.2, 0) is 29.2 Å². The minimum absolute atomic E-state index is 0.0185. The predicted molar refractivity (Wildman–Crippen MR) is 150 cm³/mol. The molecule has 0 bridgehead atoms. The lowest BCUT2D eigenvalue weighted by Crippen LogP contribution is -2.46. The second-order valence-corrected chi connectivity index (χ2v) is 10.3. The third kappa shape index (κ3) is 5.88. The first-order valence-electron chi connectivity index (χ1n) is 13.8. The van der Waals surface area contributed by atoms with Crippen molar-refractivity contribution in [2.45, 2.75) is 32.2 Å². The van der Waals surface area contributed by atoms with Gasteiger partial charge in [-0.2, -0.15) is 10.2 Å². The monoisotopic (exact) mass is 571 g/mol. The normalized spacial score (nSPS) is 17.1. The molecule has 42 heavy (non-hydrogen) atoms. The Hall–Kier alpha value is -4.60. The molecule has 0 spiro atoms. The van der Waals surface area contributed by atoms with Crippen molar-refractivity contribution in [1.29, 1.82) is 5.26 Å². The number of imidazole rings is 1. The van der Waals surface area contributed by atoms with Gasteiger partial charge in [0.1, 0.15) is 29.6 Å². The predicted octanol–water partition coefficient (Wildman–Crippen LogP) is 3.31. The Bertz CT molecular complexity index is 1640. The molecule has 0 saturated carbocycles. The Morgan fingerprint density at radius 1 is 1.12 bits per heavy atom. The summed E-state index contributed by atoms with van der Waals surface area (Å²) in [5, 5.41) is 8.93. The molecule has 1 aromatic carbocycles. The molecule has 3 aromatic heterocycles. The number of esters is 1. The number of fused-ring (bicyclic) bond motifs is 1. The molecule has 1 atom stereocenters. The Morgan fingerprint density at radius 2 is 1.95 bits per heavy atom. The zero-order valence-corrected chi connectivity index (χ0v) is 23.2. The largest absolute Gasteiger partial charge is 0.473 e. The summed E-state index contributed by atoms with van der Waals surface area (Å²) in [6, 6.07) is 15.3. The standard InChI is InChI=1S/C30H30FN7O4/c1-40-30(39)25-8-7-24-29(34-25)38(17-22-9-14-41-22)27(33-24)18-36-10-12-37(13-11-36)26-3-2-4-28(35-26)42-19-21-6-5-20(16-32)15-23(21)31/h2-8,15,22H,9-14,17-19H2,1H3/t22-/m0/s1. The maximum atomic E-state index is 14.2. The molecule has 2 aliphatic rings. The molecule has 11 nitrogen and oxygen atoms in total. The lowest BCUT2D eigenvalue weighted by atomic mass is 10.1. The highest BCUT2D eigenvalue weighted by Gasteiger charge is 2.25. The summed E-state index contributed by atoms with van der Waals surface area (Å²) in [6.07, 6.45) is 1.09. The van der Waals surface area contributed by atoms with Crippen LogP contribution in [0, 0.1) is 17.1 Å². The molecule has 4 aromatic rings. The molecular weight excluding hydrogens is 541 g/mol. The first kappa shape index (κ1) is 27.6. The quantitative estimate of drug-likeness (QED) is 0.277. The van der Waals surface area contributed by atoms with Crippen LogP contribution in [0.3, 0.4) is 0 Å². The van der Waals surface area contributed by atoms with Crippen molar-refractivity contribution in [3.63, 3.8) is 0 Å². The number of halogens is 1. The van der Waals surface area contributed by atoms with Gasteiger partial charge in [-0.25, -0.2) is 19.2 Å². The van der Waals surface area contributed by atoms with Crippen molar-refractivity contribution in [3.8, 4) is 11.9 Å². The summed E-state index contributed by atoms with van der Waals surface area (Å²) < 4.78 is 32.6. The van der Waals surface area contributed by atoms with Gasteiger partial charge in [0, 0.05) is 44.4 Å². The second-order valence-electron chi connectivity index (χ2n) is 10.3. The van der Waals surface area contributed by atoms with Crippen molar-refractivity contribution in [2.24, 2.45) is 0 Å². The SMILES string of the molecule is COC(=O)c1ccc2nc(CN3CCN(c4cccc(OCc5ccc(C#N)cc5F)n4)CC3)n(C[C@@H]3CCO3)c2n1. The first-order chi connectivity index (χ1) is 20.5. The highest BCUT2D eigenvalue weighted by atomic mass is 19.1. The van der Waals surface area contributed by atoms with Crippen LogP contribution in [0.2, 0.25) is 0 Å². The van der Waals surface area contributed by atoms with E-state index in [1.807, 2.05) is 24.3 Å². The number of hydrogen-bond donors (Lipinski definition) is 0. The number of piperazine rings is 1. The van der Waals surface area contributed by atoms with Crippen molar-refractivity contribution in [2.75, 3.05) is 44.8 Å². The Labute approximate surface area is 242 Å². The van der Waals surface area contributed by atoms with Crippen LogP contribution in [0.5, 0.6) is 5.88 Å². The van der Waals surface area contributed by atoms with E-state index in [1.165, 1.54) is 13.2 Å². The molecular formula is C30H30FN7O4. The summed E-state index contributed by atoms with van der Waals surface area (Å²) in [7, 11) is 1.34. The number of carbonyl (C=O) groups is 1. The van der Waals surface area contributed by atoms with E-state index in [2.05, 4.69) is 24.3 Å². The topological polar surface area (TPSA) is 119 Å². The number of hydrogen-bond acceptors (Lipinski definition) is 10. The molecule has 0 amide bonds. The number of pyridine rings is 2. The molecule has 0 unspecified atom stereocenters. The van der Waals surface area contributed by atoms with Gasteiger partial charge in [-0.1, -0.05) is 12.1 Å². The van der Waals surface area contributed by atoms with E-state index >= 15 is 0 Å². The number of methoxy groups -OCH3 is 1. The molecule has 0 radical (unpaired) electrons. The molecule has 216 valence electrons. The summed E-state index contributed by atoms with van der Waals surface area (Å²) in [5.74, 6) is 1.12. The summed E-state index contributed by atoms with van der Waals surface area (Å²) in [4.78, 5) is 30.7. The smallest absolute Gasteiger partial charge is 0.356 e. The zero-order valence-electron chi connectivity index (χ0n) is 23.2. The number of anilines is 1. The van der Waals surface area contributed by atoms with Crippen LogP contribution in [0.4, 0.5) is 10.2 Å². The molecule has 0 N–H and O–H groups in total. The van der Waals surface area contributed by atoms with E-state index in [-0.39, 0.29) is 24.0 Å². The zero-order chi connectivity index (χ0) is 29.1. The van der Waals surface area contributed by atoms with Crippen molar-refractivity contribution >= 4 is 23.0 Å². The van der Waals surface area contributed by atoms with Gasteiger partial charge >= 0.3 is 5.97 Å². The van der Waals surface area contributed by atoms with Gasteiger partial charge in [0.25, 0.3) is 0 Å². The number of nitrogens with zero attached hydrogens (tertiary/aromatic N) is 7. The van der Waals surface area contributed by atoms with Crippen LogP contribution in [0.15, 0.2) is 48.5 Å². The number of nitriles is 1. The average Bonchev–Trinajstić information content (AvgIpc) is 3.34. The van der Waals surface area contributed by atoms with Crippen molar-refractivity contribution in [1.82, 2.24) is 24.4 Å². The number of aromatic nitrogens is 4. The highest BCUT2D eigenvalue weighted by molar-refractivity contribution is 5.89. The number of carbonyl (C=O) groups excluding carboxylic acids is 1. The third-order valence-electron chi connectivity index (χ3n) is 7.57. The van der Waals surface area contributed by atoms with E-state index in [4.69, 9.17) is 24.5 Å². The summed E-state index contributed by atoms with van der Waals surface area (Å²) >= 11 is 0. The lowest BCUT2D eigenvalue weighted by molar-refractivity contribution is -0.0592. The number of rotatable bonds is 9. The minimum atomic E-state index is -0.480. The molecule has 5 heterocycles. The fourth-order valence-corrected chi connectivity index (χ4v) is 5.09. The molecule has 6 rings (SSSR count). The van der Waals surface area contributed by atoms with Gasteiger partial charge in [-0.3, -0.25) is 4.90 Å². The fourth-order valence-electron chi connectivity index (χ4n) is 5.09. The maximum absolute atomic E-state index is 14.2. The summed E-state index contributed by atoms with van der Waals surface area (Å²) in [5.41, 5.74) is 2.27. The van der Waals surface area contributed by atoms with Gasteiger partial charge in [0.05, 0.1) is 37.9 Å². The lowest BCUT2D eigenvalue weighted by Gasteiger charge is -2.35. The van der Waals surface area contributed by atoms with E-state index in [0.717, 1.165) is 56.4 Å². The van der Waals surface area contributed by atoms with Gasteiger partial charge in [-0.05, 0) is 36.8 Å². The fraction of sp³-hybridized carbons (Fsp3) is 0.367.